The van der Waals surface area contributed by atoms with Crippen LogP contribution >= 0.6 is 0 Å². The Morgan fingerprint density at radius 1 is 0.941 bits per heavy atom. The minimum absolute atomic E-state index is 0.848. The minimum Gasteiger partial charge on any atom is -0.420 e. The first-order valence-corrected chi connectivity index (χ1v) is 9.68. The highest BCUT2D eigenvalue weighted by Gasteiger charge is 2.10. The fourth-order valence-corrected chi connectivity index (χ4v) is 4.84. The highest BCUT2D eigenvalue weighted by Crippen LogP contribution is 2.12. The summed E-state index contributed by atoms with van der Waals surface area (Å²) in [5, 5.41) is 0. The summed E-state index contributed by atoms with van der Waals surface area (Å²) in [6.45, 7) is 9.32. The van der Waals surface area contributed by atoms with Crippen LogP contribution < -0.4 is 0 Å². The average molecular weight is 257 g/mol. The Bertz CT molecular complexity index is 151. The number of hydrogen-bond acceptors (Lipinski definition) is 1. The van der Waals surface area contributed by atoms with Crippen LogP contribution in [0, 0.1) is 0 Å². The molecule has 0 radical (unpaired) electrons. The molecule has 102 valence electrons. The van der Waals surface area contributed by atoms with Crippen molar-refractivity contribution < 1.29 is 4.43 Å². The molecule has 0 atom stereocenters. The number of hydrogen-bond donors (Lipinski definition) is 0. The van der Waals surface area contributed by atoms with E-state index >= 15 is 0 Å². The van der Waals surface area contributed by atoms with Gasteiger partial charge in [0.1, 0.15) is 0 Å². The van der Waals surface area contributed by atoms with Crippen LogP contribution in [-0.2, 0) is 4.43 Å². The zero-order valence-corrected chi connectivity index (χ0v) is 13.2. The molecule has 0 saturated heterocycles. The van der Waals surface area contributed by atoms with Gasteiger partial charge in [-0.2, -0.15) is 0 Å². The Balaban J connectivity index is 3.48. The summed E-state index contributed by atoms with van der Waals surface area (Å²) in [5.41, 5.74) is 0. The van der Waals surface area contributed by atoms with E-state index in [4.69, 9.17) is 4.43 Å². The van der Waals surface area contributed by atoms with Crippen molar-refractivity contribution in [3.05, 3.63) is 12.7 Å². The van der Waals surface area contributed by atoms with Gasteiger partial charge in [-0.05, 0) is 31.4 Å². The van der Waals surface area contributed by atoms with Crippen molar-refractivity contribution in [2.24, 2.45) is 0 Å². The summed E-state index contributed by atoms with van der Waals surface area (Å²) in [5.74, 6) is 0. The van der Waals surface area contributed by atoms with Crippen molar-refractivity contribution in [3.8, 4) is 0 Å². The summed E-state index contributed by atoms with van der Waals surface area (Å²) in [6.07, 6.45) is 12.4. The monoisotopic (exact) mass is 256 g/mol. The maximum absolute atomic E-state index is 6.14. The fourth-order valence-electron chi connectivity index (χ4n) is 1.99. The van der Waals surface area contributed by atoms with Crippen LogP contribution in [0.15, 0.2) is 12.7 Å². The van der Waals surface area contributed by atoms with Gasteiger partial charge in [-0.15, -0.1) is 6.58 Å². The van der Waals surface area contributed by atoms with E-state index in [0.29, 0.717) is 0 Å². The Hall–Kier alpha value is -0.0831. The second-order valence-corrected chi connectivity index (χ2v) is 7.65. The van der Waals surface area contributed by atoms with E-state index in [1.165, 1.54) is 57.0 Å². The molecule has 0 rings (SSSR count). The molecule has 0 aromatic carbocycles. The molecule has 0 amide bonds. The van der Waals surface area contributed by atoms with Crippen molar-refractivity contribution in [2.45, 2.75) is 77.3 Å². The van der Waals surface area contributed by atoms with Crippen molar-refractivity contribution in [3.63, 3.8) is 0 Å². The van der Waals surface area contributed by atoms with E-state index < -0.39 is 9.04 Å². The standard InChI is InChI=1S/C15H32OSi/c1-4-7-10-11-12-13-16-17(14-8-5-2)15-9-6-3/h4,17H,1,5-15H2,2-3H3. The Kier molecular flexibility index (Phi) is 13.9. The van der Waals surface area contributed by atoms with Crippen molar-refractivity contribution in [1.29, 1.82) is 0 Å². The van der Waals surface area contributed by atoms with Gasteiger partial charge in [0.25, 0.3) is 0 Å². The normalized spacial score (nSPS) is 11.0. The lowest BCUT2D eigenvalue weighted by Crippen LogP contribution is -2.18. The molecule has 0 fully saturated rings. The Morgan fingerprint density at radius 2 is 1.59 bits per heavy atom. The largest absolute Gasteiger partial charge is 0.420 e. The van der Waals surface area contributed by atoms with E-state index in [0.717, 1.165) is 13.0 Å². The quantitative estimate of drug-likeness (QED) is 0.254. The van der Waals surface area contributed by atoms with Gasteiger partial charge in [-0.1, -0.05) is 52.0 Å². The fraction of sp³-hybridized carbons (Fsp3) is 0.867. The lowest BCUT2D eigenvalue weighted by atomic mass is 10.2. The summed E-state index contributed by atoms with van der Waals surface area (Å²) < 4.78 is 6.14. The van der Waals surface area contributed by atoms with Gasteiger partial charge >= 0.3 is 0 Å². The van der Waals surface area contributed by atoms with Crippen molar-refractivity contribution in [2.75, 3.05) is 6.61 Å². The molecule has 0 unspecified atom stereocenters. The van der Waals surface area contributed by atoms with Crippen LogP contribution in [0.25, 0.3) is 0 Å². The van der Waals surface area contributed by atoms with Crippen molar-refractivity contribution >= 4 is 9.04 Å². The van der Waals surface area contributed by atoms with Crippen LogP contribution in [-0.4, -0.2) is 15.6 Å². The van der Waals surface area contributed by atoms with Crippen LogP contribution in [0.5, 0.6) is 0 Å². The molecule has 0 N–H and O–H groups in total. The van der Waals surface area contributed by atoms with Gasteiger partial charge in [0.2, 0.25) is 0 Å². The molecule has 0 aliphatic heterocycles. The second kappa shape index (κ2) is 14.0. The van der Waals surface area contributed by atoms with E-state index in [-0.39, 0.29) is 0 Å². The molecule has 17 heavy (non-hydrogen) atoms. The van der Waals surface area contributed by atoms with Gasteiger partial charge in [-0.25, -0.2) is 0 Å². The molecule has 0 heterocycles. The average Bonchev–Trinajstić information content (AvgIpc) is 2.35. The van der Waals surface area contributed by atoms with E-state index in [2.05, 4.69) is 20.4 Å². The molecular formula is C15H32OSi. The summed E-state index contributed by atoms with van der Waals surface area (Å²) in [7, 11) is -0.848. The number of allylic oxidation sites excluding steroid dienone is 1. The zero-order chi connectivity index (χ0) is 12.8. The topological polar surface area (TPSA) is 9.23 Å². The second-order valence-electron chi connectivity index (χ2n) is 4.92. The smallest absolute Gasteiger partial charge is 0.176 e. The van der Waals surface area contributed by atoms with E-state index in [1.54, 1.807) is 0 Å². The third kappa shape index (κ3) is 12.2. The minimum atomic E-state index is -0.848. The molecule has 0 saturated carbocycles. The van der Waals surface area contributed by atoms with Gasteiger partial charge in [0.15, 0.2) is 9.04 Å². The first-order valence-electron chi connectivity index (χ1n) is 7.57. The first-order chi connectivity index (χ1) is 8.35. The molecule has 0 aromatic rings. The highest BCUT2D eigenvalue weighted by atomic mass is 28.3. The molecule has 0 bridgehead atoms. The summed E-state index contributed by atoms with van der Waals surface area (Å²) >= 11 is 0. The highest BCUT2D eigenvalue weighted by molar-refractivity contribution is 6.51. The maximum Gasteiger partial charge on any atom is 0.176 e. The van der Waals surface area contributed by atoms with Gasteiger partial charge in [0, 0.05) is 6.61 Å². The number of unbranched alkanes of at least 4 members (excludes halogenated alkanes) is 5. The summed E-state index contributed by atoms with van der Waals surface area (Å²) in [6, 6.07) is 2.78. The van der Waals surface area contributed by atoms with Crippen LogP contribution in [0.4, 0.5) is 0 Å². The molecule has 0 aromatic heterocycles. The SMILES string of the molecule is C=CCCCCCO[SiH](CCCC)CCCC. The molecule has 0 aliphatic rings. The lowest BCUT2D eigenvalue weighted by Gasteiger charge is -2.15. The Labute approximate surface area is 110 Å². The van der Waals surface area contributed by atoms with E-state index in [9.17, 15) is 0 Å². The van der Waals surface area contributed by atoms with Crippen LogP contribution in [0.2, 0.25) is 12.1 Å². The van der Waals surface area contributed by atoms with Gasteiger partial charge < -0.3 is 4.43 Å². The molecule has 1 nitrogen and oxygen atoms in total. The maximum atomic E-state index is 6.14. The first kappa shape index (κ1) is 16.9. The molecule has 2 heteroatoms. The lowest BCUT2D eigenvalue weighted by molar-refractivity contribution is 0.304. The zero-order valence-electron chi connectivity index (χ0n) is 12.0. The van der Waals surface area contributed by atoms with Crippen molar-refractivity contribution in [1.82, 2.24) is 0 Å². The molecule has 0 aliphatic carbocycles. The van der Waals surface area contributed by atoms with Crippen LogP contribution in [0.1, 0.15) is 65.2 Å². The van der Waals surface area contributed by atoms with Gasteiger partial charge in [-0.3, -0.25) is 0 Å². The predicted molar refractivity (Wildman–Crippen MR) is 81.2 cm³/mol. The van der Waals surface area contributed by atoms with Gasteiger partial charge in [0.05, 0.1) is 0 Å². The predicted octanol–water partition coefficient (Wildman–Crippen LogP) is 5.07. The third-order valence-corrected chi connectivity index (χ3v) is 5.98. The molecular weight excluding hydrogens is 224 g/mol. The Morgan fingerprint density at radius 3 is 2.12 bits per heavy atom. The summed E-state index contributed by atoms with van der Waals surface area (Å²) in [4.78, 5) is 0. The molecule has 0 spiro atoms. The number of rotatable bonds is 13. The van der Waals surface area contributed by atoms with E-state index in [1.807, 2.05) is 6.08 Å². The third-order valence-electron chi connectivity index (χ3n) is 3.17. The van der Waals surface area contributed by atoms with Crippen LogP contribution in [0.3, 0.4) is 0 Å².